The minimum Gasteiger partial charge on any atom is -0.456 e. The van der Waals surface area contributed by atoms with Crippen LogP contribution in [0.2, 0.25) is 0 Å². The second-order valence-electron chi connectivity index (χ2n) is 7.22. The average molecular weight is 394 g/mol. The van der Waals surface area contributed by atoms with Crippen molar-refractivity contribution in [2.75, 3.05) is 0 Å². The van der Waals surface area contributed by atoms with Crippen molar-refractivity contribution in [1.29, 1.82) is 0 Å². The van der Waals surface area contributed by atoms with Gasteiger partial charge >= 0.3 is 7.12 Å². The van der Waals surface area contributed by atoms with Crippen LogP contribution in [0.1, 0.15) is 0 Å². The van der Waals surface area contributed by atoms with Crippen LogP contribution in [0.3, 0.4) is 0 Å². The summed E-state index contributed by atoms with van der Waals surface area (Å²) in [4.78, 5) is 0. The van der Waals surface area contributed by atoms with E-state index in [1.165, 1.54) is 0 Å². The highest BCUT2D eigenvalue weighted by Crippen LogP contribution is 2.37. The van der Waals surface area contributed by atoms with Crippen LogP contribution in [-0.4, -0.2) is 17.2 Å². The van der Waals surface area contributed by atoms with Crippen LogP contribution in [-0.2, 0) is 0 Å². The second-order valence-corrected chi connectivity index (χ2v) is 8.27. The summed E-state index contributed by atoms with van der Waals surface area (Å²) in [5.41, 5.74) is 4.59. The van der Waals surface area contributed by atoms with Crippen LogP contribution in [0.4, 0.5) is 0 Å². The summed E-state index contributed by atoms with van der Waals surface area (Å²) in [5.74, 6) is 0. The molecule has 4 aromatic carbocycles. The first-order valence-corrected chi connectivity index (χ1v) is 10.2. The average Bonchev–Trinajstić information content (AvgIpc) is 3.30. The van der Waals surface area contributed by atoms with E-state index in [0.717, 1.165) is 53.2 Å². The molecule has 0 saturated carbocycles. The molecule has 29 heavy (non-hydrogen) atoms. The molecule has 0 radical (unpaired) electrons. The second kappa shape index (κ2) is 6.19. The van der Waals surface area contributed by atoms with Crippen molar-refractivity contribution in [3.8, 4) is 11.1 Å². The molecule has 5 heteroatoms. The highest BCUT2D eigenvalue weighted by molar-refractivity contribution is 7.27. The van der Waals surface area contributed by atoms with Crippen molar-refractivity contribution in [3.63, 3.8) is 0 Å². The molecule has 2 heterocycles. The Bertz CT molecular complexity index is 1540. The molecule has 0 saturated heterocycles. The van der Waals surface area contributed by atoms with Crippen LogP contribution in [0, 0.1) is 0 Å². The summed E-state index contributed by atoms with van der Waals surface area (Å²) in [5, 5.41) is 23.8. The third-order valence-corrected chi connectivity index (χ3v) is 6.75. The van der Waals surface area contributed by atoms with Crippen LogP contribution >= 0.6 is 11.3 Å². The molecule has 0 aliphatic carbocycles. The lowest BCUT2D eigenvalue weighted by Gasteiger charge is -2.03. The Kier molecular flexibility index (Phi) is 3.59. The Labute approximate surface area is 170 Å². The number of thiophene rings is 1. The lowest BCUT2D eigenvalue weighted by Crippen LogP contribution is -2.29. The zero-order valence-corrected chi connectivity index (χ0v) is 16.1. The topological polar surface area (TPSA) is 53.6 Å². The van der Waals surface area contributed by atoms with Crippen molar-refractivity contribution in [2.45, 2.75) is 0 Å². The predicted molar refractivity (Wildman–Crippen MR) is 122 cm³/mol. The molecule has 0 unspecified atom stereocenters. The summed E-state index contributed by atoms with van der Waals surface area (Å²) < 4.78 is 8.00. The Morgan fingerprint density at radius 3 is 2.24 bits per heavy atom. The maximum atomic E-state index is 9.70. The van der Waals surface area contributed by atoms with Gasteiger partial charge in [0.1, 0.15) is 11.2 Å². The molecule has 6 aromatic rings. The van der Waals surface area contributed by atoms with E-state index in [1.54, 1.807) is 17.4 Å². The summed E-state index contributed by atoms with van der Waals surface area (Å²) in [6.45, 7) is 0. The van der Waals surface area contributed by atoms with E-state index in [4.69, 9.17) is 4.42 Å². The number of furan rings is 1. The quantitative estimate of drug-likeness (QED) is 0.392. The van der Waals surface area contributed by atoms with E-state index in [0.29, 0.717) is 5.46 Å². The van der Waals surface area contributed by atoms with Crippen LogP contribution in [0.5, 0.6) is 0 Å². The molecular weight excluding hydrogens is 379 g/mol. The molecule has 0 amide bonds. The number of para-hydroxylation sites is 1. The summed E-state index contributed by atoms with van der Waals surface area (Å²) in [6, 6.07) is 26.5. The fourth-order valence-electron chi connectivity index (χ4n) is 4.11. The van der Waals surface area contributed by atoms with Crippen molar-refractivity contribution >= 4 is 66.0 Å². The van der Waals surface area contributed by atoms with Crippen molar-refractivity contribution in [2.24, 2.45) is 0 Å². The van der Waals surface area contributed by atoms with Crippen molar-refractivity contribution in [3.05, 3.63) is 78.9 Å². The van der Waals surface area contributed by atoms with Crippen LogP contribution in [0.15, 0.2) is 83.3 Å². The number of benzene rings is 4. The van der Waals surface area contributed by atoms with Gasteiger partial charge in [-0.25, -0.2) is 0 Å². The van der Waals surface area contributed by atoms with E-state index in [1.807, 2.05) is 36.4 Å². The lowest BCUT2D eigenvalue weighted by molar-refractivity contribution is 0.426. The molecule has 0 fully saturated rings. The zero-order chi connectivity index (χ0) is 19.5. The smallest absolute Gasteiger partial charge is 0.456 e. The van der Waals surface area contributed by atoms with Gasteiger partial charge in [-0.3, -0.25) is 0 Å². The third-order valence-electron chi connectivity index (χ3n) is 5.52. The summed E-state index contributed by atoms with van der Waals surface area (Å²) >= 11 is 1.59. The number of fused-ring (bicyclic) bond motifs is 6. The fourth-order valence-corrected chi connectivity index (χ4v) is 5.32. The zero-order valence-electron chi connectivity index (χ0n) is 15.3. The minimum absolute atomic E-state index is 0.552. The molecule has 0 spiro atoms. The van der Waals surface area contributed by atoms with Gasteiger partial charge in [-0.2, -0.15) is 0 Å². The largest absolute Gasteiger partial charge is 0.489 e. The monoisotopic (exact) mass is 394 g/mol. The van der Waals surface area contributed by atoms with Gasteiger partial charge in [0.15, 0.2) is 0 Å². The van der Waals surface area contributed by atoms with E-state index in [9.17, 15) is 10.0 Å². The van der Waals surface area contributed by atoms with Gasteiger partial charge in [-0.15, -0.1) is 11.3 Å². The lowest BCUT2D eigenvalue weighted by atomic mass is 9.79. The standard InChI is InChI=1S/C24H15BO3S/c26-25(27)20-6-3-5-17-19-13-15(9-11-23(19)29-24(17)20)14-8-10-22-18(12-14)16-4-1-2-7-21(16)28-22/h1-13,26-27H. The molecule has 2 aromatic heterocycles. The maximum Gasteiger partial charge on any atom is 0.489 e. The SMILES string of the molecule is OB(O)c1cccc2c1sc1ccc(-c3ccc4oc5ccccc5c4c3)cc12. The molecule has 3 nitrogen and oxygen atoms in total. The number of rotatable bonds is 2. The van der Waals surface area contributed by atoms with Gasteiger partial charge in [-0.05, 0) is 52.3 Å². The molecule has 6 rings (SSSR count). The first kappa shape index (κ1) is 16.8. The minimum atomic E-state index is -1.47. The Hall–Kier alpha value is -3.12. The number of hydrogen-bond acceptors (Lipinski definition) is 4. The third kappa shape index (κ3) is 2.52. The molecule has 0 bridgehead atoms. The van der Waals surface area contributed by atoms with Gasteiger partial charge < -0.3 is 14.5 Å². The van der Waals surface area contributed by atoms with E-state index < -0.39 is 7.12 Å². The van der Waals surface area contributed by atoms with Gasteiger partial charge in [0.25, 0.3) is 0 Å². The first-order valence-electron chi connectivity index (χ1n) is 9.42. The maximum absolute atomic E-state index is 9.70. The van der Waals surface area contributed by atoms with Gasteiger partial charge in [0, 0.05) is 25.6 Å². The summed E-state index contributed by atoms with van der Waals surface area (Å²) in [7, 11) is -1.47. The Morgan fingerprint density at radius 1 is 0.655 bits per heavy atom. The van der Waals surface area contributed by atoms with Crippen LogP contribution < -0.4 is 5.46 Å². The molecule has 0 aliphatic heterocycles. The van der Waals surface area contributed by atoms with Crippen molar-refractivity contribution < 1.29 is 14.5 Å². The fraction of sp³-hybridized carbons (Fsp3) is 0. The predicted octanol–water partition coefficient (Wildman–Crippen LogP) is 5.30. The van der Waals surface area contributed by atoms with E-state index in [2.05, 4.69) is 36.4 Å². The molecule has 138 valence electrons. The Balaban J connectivity index is 1.58. The molecular formula is C24H15BO3S. The first-order chi connectivity index (χ1) is 14.2. The molecule has 0 aliphatic rings. The van der Waals surface area contributed by atoms with Gasteiger partial charge in [-0.1, -0.05) is 48.5 Å². The molecule has 0 atom stereocenters. The number of hydrogen-bond donors (Lipinski definition) is 2. The highest BCUT2D eigenvalue weighted by atomic mass is 32.1. The molecule has 2 N–H and O–H groups in total. The van der Waals surface area contributed by atoms with Crippen LogP contribution in [0.25, 0.3) is 53.2 Å². The Morgan fingerprint density at radius 2 is 1.38 bits per heavy atom. The highest BCUT2D eigenvalue weighted by Gasteiger charge is 2.18. The van der Waals surface area contributed by atoms with Gasteiger partial charge in [0.05, 0.1) is 0 Å². The van der Waals surface area contributed by atoms with E-state index in [-0.39, 0.29) is 0 Å². The summed E-state index contributed by atoms with van der Waals surface area (Å²) in [6.07, 6.45) is 0. The van der Waals surface area contributed by atoms with Gasteiger partial charge in [0.2, 0.25) is 0 Å². The normalized spacial score (nSPS) is 11.8. The van der Waals surface area contributed by atoms with E-state index >= 15 is 0 Å². The van der Waals surface area contributed by atoms with Crippen molar-refractivity contribution in [1.82, 2.24) is 0 Å².